The van der Waals surface area contributed by atoms with Crippen LogP contribution in [0.15, 0.2) is 66.9 Å². The number of hydrogen-bond acceptors (Lipinski definition) is 0. The second-order valence-corrected chi connectivity index (χ2v) is 11.6. The van der Waals surface area contributed by atoms with Crippen LogP contribution in [0.4, 0.5) is 0 Å². The summed E-state index contributed by atoms with van der Waals surface area (Å²) < 4.78 is 4.82. The minimum absolute atomic E-state index is 0.401. The third kappa shape index (κ3) is 3.12. The lowest BCUT2D eigenvalue weighted by Gasteiger charge is -2.22. The van der Waals surface area contributed by atoms with E-state index in [1.807, 2.05) is 0 Å². The Labute approximate surface area is 208 Å². The number of nitrogens with zero attached hydrogens (tertiary/aromatic N) is 2. The summed E-state index contributed by atoms with van der Waals surface area (Å²) in [4.78, 5) is 0. The number of fused-ring (bicyclic) bond motifs is 6. The molecule has 0 amide bonds. The monoisotopic (exact) mass is 459 g/mol. The summed E-state index contributed by atoms with van der Waals surface area (Å²) in [6.07, 6.45) is 8.01. The van der Waals surface area contributed by atoms with Crippen molar-refractivity contribution in [3.63, 3.8) is 0 Å². The largest absolute Gasteiger partial charge is 0.338 e. The fourth-order valence-electron chi connectivity index (χ4n) is 7.57. The molecule has 2 aliphatic rings. The van der Waals surface area contributed by atoms with E-state index in [0.29, 0.717) is 6.04 Å². The summed E-state index contributed by atoms with van der Waals surface area (Å²) in [6, 6.07) is 23.8. The Morgan fingerprint density at radius 2 is 1.71 bits per heavy atom. The highest BCUT2D eigenvalue weighted by molar-refractivity contribution is 6.10. The molecule has 2 nitrogen and oxygen atoms in total. The van der Waals surface area contributed by atoms with E-state index >= 15 is 0 Å². The SMILES string of the molecule is Cc1cc2c3ccccc3n(C(C)C)c2cc1-c1c2ccc(C3CC4CCC3C4)cc2cc[n+]1C. The second kappa shape index (κ2) is 7.68. The minimum Gasteiger partial charge on any atom is -0.338 e. The highest BCUT2D eigenvalue weighted by Crippen LogP contribution is 2.53. The molecule has 2 aromatic heterocycles. The van der Waals surface area contributed by atoms with E-state index in [2.05, 4.69) is 104 Å². The Hall–Kier alpha value is -3.13. The van der Waals surface area contributed by atoms with E-state index < -0.39 is 0 Å². The molecule has 5 aromatic rings. The summed E-state index contributed by atoms with van der Waals surface area (Å²) in [5.41, 5.74) is 8.22. The molecule has 2 heterocycles. The van der Waals surface area contributed by atoms with Crippen LogP contribution in [0.25, 0.3) is 43.8 Å². The highest BCUT2D eigenvalue weighted by atomic mass is 15.0. The fraction of sp³-hybridized carbons (Fsp3) is 0.364. The molecule has 35 heavy (non-hydrogen) atoms. The van der Waals surface area contributed by atoms with Crippen molar-refractivity contribution in [1.29, 1.82) is 0 Å². The zero-order valence-corrected chi connectivity index (χ0v) is 21.4. The number of para-hydroxylation sites is 1. The maximum absolute atomic E-state index is 2.51. The summed E-state index contributed by atoms with van der Waals surface area (Å²) in [5, 5.41) is 5.44. The third-order valence-corrected chi connectivity index (χ3v) is 9.15. The summed E-state index contributed by atoms with van der Waals surface area (Å²) in [7, 11) is 2.19. The first-order chi connectivity index (χ1) is 17.0. The quantitative estimate of drug-likeness (QED) is 0.240. The Balaban J connectivity index is 1.44. The molecule has 0 spiro atoms. The standard InChI is InChI=1S/C33H35N2/c1-20(2)35-31-8-6-5-7-27(31)30-15-21(3)28(19-32(30)35)33-26-12-11-24(18-25(26)13-14-34(33)4)29-17-22-9-10-23(29)16-22/h5-8,11-15,18-20,22-23,29H,9-10,16-17H2,1-4H3/q+1. The van der Waals surface area contributed by atoms with Gasteiger partial charge in [0.15, 0.2) is 6.20 Å². The van der Waals surface area contributed by atoms with Gasteiger partial charge in [0.1, 0.15) is 7.05 Å². The zero-order valence-electron chi connectivity index (χ0n) is 21.4. The minimum atomic E-state index is 0.401. The molecule has 7 rings (SSSR count). The first-order valence-corrected chi connectivity index (χ1v) is 13.5. The Morgan fingerprint density at radius 3 is 2.49 bits per heavy atom. The van der Waals surface area contributed by atoms with E-state index in [9.17, 15) is 0 Å². The van der Waals surface area contributed by atoms with Gasteiger partial charge in [0.05, 0.1) is 16.5 Å². The normalized spacial score (nSPS) is 21.8. The summed E-state index contributed by atoms with van der Waals surface area (Å²) in [6.45, 7) is 6.86. The van der Waals surface area contributed by atoms with Crippen molar-refractivity contribution in [2.24, 2.45) is 18.9 Å². The zero-order chi connectivity index (χ0) is 23.8. The fourth-order valence-corrected chi connectivity index (χ4v) is 7.57. The average molecular weight is 460 g/mol. The van der Waals surface area contributed by atoms with Crippen LogP contribution in [0.1, 0.15) is 62.6 Å². The van der Waals surface area contributed by atoms with E-state index in [0.717, 1.165) is 17.8 Å². The summed E-state index contributed by atoms with van der Waals surface area (Å²) >= 11 is 0. The number of benzene rings is 3. The molecule has 3 aromatic carbocycles. The van der Waals surface area contributed by atoms with Gasteiger partial charge in [0, 0.05) is 28.4 Å². The molecular weight excluding hydrogens is 424 g/mol. The van der Waals surface area contributed by atoms with E-state index in [4.69, 9.17) is 0 Å². The molecule has 3 atom stereocenters. The lowest BCUT2D eigenvalue weighted by Crippen LogP contribution is -2.30. The maximum Gasteiger partial charge on any atom is 0.220 e. The van der Waals surface area contributed by atoms with Crippen molar-refractivity contribution in [3.05, 3.63) is 78.0 Å². The van der Waals surface area contributed by atoms with E-state index in [-0.39, 0.29) is 0 Å². The van der Waals surface area contributed by atoms with Gasteiger partial charge in [0.25, 0.3) is 0 Å². The van der Waals surface area contributed by atoms with Gasteiger partial charge in [0.2, 0.25) is 5.69 Å². The van der Waals surface area contributed by atoms with Crippen LogP contribution in [-0.4, -0.2) is 4.57 Å². The smallest absolute Gasteiger partial charge is 0.220 e. The van der Waals surface area contributed by atoms with Crippen LogP contribution in [0.3, 0.4) is 0 Å². The van der Waals surface area contributed by atoms with E-state index in [1.165, 1.54) is 75.1 Å². The van der Waals surface area contributed by atoms with Gasteiger partial charge in [-0.1, -0.05) is 36.8 Å². The number of aryl methyl sites for hydroxylation is 2. The predicted molar refractivity (Wildman–Crippen MR) is 147 cm³/mol. The molecule has 2 fully saturated rings. The summed E-state index contributed by atoms with van der Waals surface area (Å²) in [5.74, 6) is 2.67. The predicted octanol–water partition coefficient (Wildman–Crippen LogP) is 8.23. The van der Waals surface area contributed by atoms with Crippen LogP contribution >= 0.6 is 0 Å². The third-order valence-electron chi connectivity index (χ3n) is 9.15. The molecule has 176 valence electrons. The molecule has 0 saturated heterocycles. The van der Waals surface area contributed by atoms with Crippen molar-refractivity contribution >= 4 is 32.6 Å². The highest BCUT2D eigenvalue weighted by Gasteiger charge is 2.40. The van der Waals surface area contributed by atoms with Crippen molar-refractivity contribution in [1.82, 2.24) is 4.57 Å². The molecule has 0 N–H and O–H groups in total. The Kier molecular flexibility index (Phi) is 4.65. The van der Waals surface area contributed by atoms with E-state index in [1.54, 1.807) is 5.56 Å². The van der Waals surface area contributed by atoms with Crippen molar-refractivity contribution in [2.45, 2.75) is 58.4 Å². The maximum atomic E-state index is 2.51. The van der Waals surface area contributed by atoms with Crippen LogP contribution in [0, 0.1) is 18.8 Å². The molecule has 2 saturated carbocycles. The topological polar surface area (TPSA) is 8.81 Å². The Morgan fingerprint density at radius 1 is 0.857 bits per heavy atom. The lowest BCUT2D eigenvalue weighted by atomic mass is 9.82. The van der Waals surface area contributed by atoms with Crippen LogP contribution in [-0.2, 0) is 7.05 Å². The number of aromatic nitrogens is 2. The van der Waals surface area contributed by atoms with Crippen LogP contribution in [0.2, 0.25) is 0 Å². The molecular formula is C33H35N2+. The van der Waals surface area contributed by atoms with Crippen molar-refractivity contribution in [2.75, 3.05) is 0 Å². The van der Waals surface area contributed by atoms with Crippen molar-refractivity contribution in [3.8, 4) is 11.3 Å². The Bertz CT molecular complexity index is 1620. The van der Waals surface area contributed by atoms with Gasteiger partial charge in [-0.05, 0) is 98.6 Å². The molecule has 3 unspecified atom stereocenters. The molecule has 2 bridgehead atoms. The lowest BCUT2D eigenvalue weighted by molar-refractivity contribution is -0.659. The van der Waals surface area contributed by atoms with Crippen molar-refractivity contribution < 1.29 is 4.57 Å². The number of hydrogen-bond donors (Lipinski definition) is 0. The molecule has 0 aliphatic heterocycles. The first kappa shape index (κ1) is 21.2. The molecule has 2 aliphatic carbocycles. The van der Waals surface area contributed by atoms with Gasteiger partial charge in [-0.3, -0.25) is 0 Å². The van der Waals surface area contributed by atoms with Gasteiger partial charge in [-0.2, -0.15) is 0 Å². The van der Waals surface area contributed by atoms with Gasteiger partial charge in [-0.15, -0.1) is 0 Å². The van der Waals surface area contributed by atoms with Gasteiger partial charge in [-0.25, -0.2) is 4.57 Å². The van der Waals surface area contributed by atoms with Gasteiger partial charge < -0.3 is 4.57 Å². The first-order valence-electron chi connectivity index (χ1n) is 13.5. The average Bonchev–Trinajstić information content (AvgIpc) is 3.57. The molecule has 2 heteroatoms. The number of pyridine rings is 1. The second-order valence-electron chi connectivity index (χ2n) is 11.6. The van der Waals surface area contributed by atoms with Crippen LogP contribution < -0.4 is 4.57 Å². The van der Waals surface area contributed by atoms with Crippen LogP contribution in [0.5, 0.6) is 0 Å². The molecule has 0 radical (unpaired) electrons. The van der Waals surface area contributed by atoms with Gasteiger partial charge >= 0.3 is 0 Å². The number of rotatable bonds is 3.